The highest BCUT2D eigenvalue weighted by atomic mass is 16.5. The molecule has 0 radical (unpaired) electrons. The van der Waals surface area contributed by atoms with Gasteiger partial charge in [-0.15, -0.1) is 0 Å². The Morgan fingerprint density at radius 3 is 3.09 bits per heavy atom. The van der Waals surface area contributed by atoms with E-state index in [4.69, 9.17) is 10.5 Å². The Labute approximate surface area is 66.2 Å². The van der Waals surface area contributed by atoms with Crippen LogP contribution >= 0.6 is 0 Å². The Bertz CT molecular complexity index is 185. The van der Waals surface area contributed by atoms with Crippen LogP contribution in [0, 0.1) is 0 Å². The molecule has 0 fully saturated rings. The first-order valence-electron chi connectivity index (χ1n) is 3.82. The fourth-order valence-electron chi connectivity index (χ4n) is 1.01. The van der Waals surface area contributed by atoms with Crippen molar-refractivity contribution in [1.29, 1.82) is 0 Å². The van der Waals surface area contributed by atoms with E-state index in [0.29, 0.717) is 18.8 Å². The van der Waals surface area contributed by atoms with E-state index in [1.165, 1.54) is 0 Å². The SMILES string of the molecule is C[C@@H](N)CC(=O)C1=CCCO1. The molecule has 0 aromatic rings. The molecule has 0 saturated heterocycles. The van der Waals surface area contributed by atoms with Gasteiger partial charge in [-0.3, -0.25) is 4.79 Å². The number of rotatable bonds is 3. The lowest BCUT2D eigenvalue weighted by Crippen LogP contribution is -2.20. The molecule has 0 aromatic heterocycles. The van der Waals surface area contributed by atoms with Crippen LogP contribution in [0.25, 0.3) is 0 Å². The highest BCUT2D eigenvalue weighted by molar-refractivity contribution is 5.94. The average molecular weight is 155 g/mol. The summed E-state index contributed by atoms with van der Waals surface area (Å²) >= 11 is 0. The van der Waals surface area contributed by atoms with Gasteiger partial charge in [-0.05, 0) is 13.0 Å². The van der Waals surface area contributed by atoms with E-state index < -0.39 is 0 Å². The smallest absolute Gasteiger partial charge is 0.198 e. The van der Waals surface area contributed by atoms with Crippen LogP contribution in [0.4, 0.5) is 0 Å². The van der Waals surface area contributed by atoms with E-state index in [-0.39, 0.29) is 11.8 Å². The predicted octanol–water partition coefficient (Wildman–Crippen LogP) is 0.597. The van der Waals surface area contributed by atoms with Crippen molar-refractivity contribution in [3.63, 3.8) is 0 Å². The van der Waals surface area contributed by atoms with Crippen molar-refractivity contribution >= 4 is 5.78 Å². The second-order valence-electron chi connectivity index (χ2n) is 2.81. The van der Waals surface area contributed by atoms with Gasteiger partial charge in [-0.25, -0.2) is 0 Å². The van der Waals surface area contributed by atoms with Gasteiger partial charge in [0, 0.05) is 18.9 Å². The minimum absolute atomic E-state index is 0.0255. The van der Waals surface area contributed by atoms with Crippen LogP contribution in [-0.4, -0.2) is 18.4 Å². The van der Waals surface area contributed by atoms with Crippen LogP contribution < -0.4 is 5.73 Å². The van der Waals surface area contributed by atoms with Crippen LogP contribution in [-0.2, 0) is 9.53 Å². The number of hydrogen-bond donors (Lipinski definition) is 1. The van der Waals surface area contributed by atoms with Crippen molar-refractivity contribution in [2.75, 3.05) is 6.61 Å². The maximum atomic E-state index is 11.2. The maximum absolute atomic E-state index is 11.2. The Hall–Kier alpha value is -0.830. The molecule has 1 aliphatic heterocycles. The molecule has 3 nitrogen and oxygen atoms in total. The molecular formula is C8H13NO2. The third-order valence-electron chi connectivity index (χ3n) is 1.49. The molecule has 1 heterocycles. The Balaban J connectivity index is 2.41. The standard InChI is InChI=1S/C8H13NO2/c1-6(9)5-7(10)8-3-2-4-11-8/h3,6H,2,4-5,9H2,1H3/t6-/m1/s1. The summed E-state index contributed by atoms with van der Waals surface area (Å²) in [6.07, 6.45) is 3.05. The monoisotopic (exact) mass is 155 g/mol. The zero-order valence-electron chi connectivity index (χ0n) is 6.67. The number of ether oxygens (including phenoxy) is 1. The molecule has 0 unspecified atom stereocenters. The van der Waals surface area contributed by atoms with Gasteiger partial charge in [-0.2, -0.15) is 0 Å². The molecule has 3 heteroatoms. The van der Waals surface area contributed by atoms with Crippen molar-refractivity contribution in [2.24, 2.45) is 5.73 Å². The Kier molecular flexibility index (Phi) is 2.65. The van der Waals surface area contributed by atoms with Crippen molar-refractivity contribution < 1.29 is 9.53 Å². The highest BCUT2D eigenvalue weighted by Crippen LogP contribution is 2.11. The average Bonchev–Trinajstić information content (AvgIpc) is 2.35. The number of hydrogen-bond acceptors (Lipinski definition) is 3. The van der Waals surface area contributed by atoms with Crippen molar-refractivity contribution in [3.05, 3.63) is 11.8 Å². The molecule has 1 atom stereocenters. The third-order valence-corrected chi connectivity index (χ3v) is 1.49. The summed E-state index contributed by atoms with van der Waals surface area (Å²) < 4.78 is 5.07. The van der Waals surface area contributed by atoms with Gasteiger partial charge in [0.1, 0.15) is 0 Å². The molecule has 11 heavy (non-hydrogen) atoms. The number of ketones is 1. The number of allylic oxidation sites excluding steroid dienone is 1. The highest BCUT2D eigenvalue weighted by Gasteiger charge is 2.15. The fraction of sp³-hybridized carbons (Fsp3) is 0.625. The lowest BCUT2D eigenvalue weighted by molar-refractivity contribution is -0.118. The van der Waals surface area contributed by atoms with Gasteiger partial charge in [0.2, 0.25) is 0 Å². The van der Waals surface area contributed by atoms with E-state index in [2.05, 4.69) is 0 Å². The summed E-state index contributed by atoms with van der Waals surface area (Å²) in [6, 6.07) is -0.0763. The summed E-state index contributed by atoms with van der Waals surface area (Å²) in [5, 5.41) is 0. The van der Waals surface area contributed by atoms with Crippen LogP contribution in [0.5, 0.6) is 0 Å². The Morgan fingerprint density at radius 1 is 1.91 bits per heavy atom. The van der Waals surface area contributed by atoms with E-state index in [9.17, 15) is 4.79 Å². The zero-order valence-corrected chi connectivity index (χ0v) is 6.67. The van der Waals surface area contributed by atoms with Crippen molar-refractivity contribution in [3.8, 4) is 0 Å². The van der Waals surface area contributed by atoms with Gasteiger partial charge in [-0.1, -0.05) is 0 Å². The third kappa shape index (κ3) is 2.35. The summed E-state index contributed by atoms with van der Waals surface area (Å²) in [6.45, 7) is 2.45. The first kappa shape index (κ1) is 8.27. The molecule has 62 valence electrons. The van der Waals surface area contributed by atoms with E-state index >= 15 is 0 Å². The van der Waals surface area contributed by atoms with Crippen LogP contribution in [0.2, 0.25) is 0 Å². The van der Waals surface area contributed by atoms with Gasteiger partial charge in [0.25, 0.3) is 0 Å². The number of carbonyl (C=O) groups excluding carboxylic acids is 1. The Morgan fingerprint density at radius 2 is 2.64 bits per heavy atom. The largest absolute Gasteiger partial charge is 0.490 e. The molecular weight excluding hydrogens is 142 g/mol. The minimum Gasteiger partial charge on any atom is -0.490 e. The number of nitrogens with two attached hydrogens (primary N) is 1. The second-order valence-corrected chi connectivity index (χ2v) is 2.81. The fourth-order valence-corrected chi connectivity index (χ4v) is 1.01. The molecule has 1 rings (SSSR count). The first-order chi connectivity index (χ1) is 5.20. The predicted molar refractivity (Wildman–Crippen MR) is 41.9 cm³/mol. The first-order valence-corrected chi connectivity index (χ1v) is 3.82. The van der Waals surface area contributed by atoms with Gasteiger partial charge in [0.15, 0.2) is 11.5 Å². The number of Topliss-reactive ketones (excluding diaryl/α,β-unsaturated/α-hetero) is 1. The second kappa shape index (κ2) is 3.53. The summed E-state index contributed by atoms with van der Waals surface area (Å²) in [5.41, 5.74) is 5.46. The van der Waals surface area contributed by atoms with Crippen LogP contribution in [0.1, 0.15) is 19.8 Å². The van der Waals surface area contributed by atoms with Gasteiger partial charge < -0.3 is 10.5 Å². The molecule has 0 aliphatic carbocycles. The summed E-state index contributed by atoms with van der Waals surface area (Å²) in [4.78, 5) is 11.2. The van der Waals surface area contributed by atoms with Gasteiger partial charge in [0.05, 0.1) is 6.61 Å². The summed E-state index contributed by atoms with van der Waals surface area (Å²) in [5.74, 6) is 0.528. The van der Waals surface area contributed by atoms with Gasteiger partial charge >= 0.3 is 0 Å². The topological polar surface area (TPSA) is 52.3 Å². The van der Waals surface area contributed by atoms with Crippen LogP contribution in [0.15, 0.2) is 11.8 Å². The molecule has 0 spiro atoms. The lowest BCUT2D eigenvalue weighted by Gasteiger charge is -2.04. The molecule has 0 bridgehead atoms. The maximum Gasteiger partial charge on any atom is 0.198 e. The molecule has 1 aliphatic rings. The quantitative estimate of drug-likeness (QED) is 0.649. The lowest BCUT2D eigenvalue weighted by atomic mass is 10.1. The number of carbonyl (C=O) groups is 1. The van der Waals surface area contributed by atoms with Crippen molar-refractivity contribution in [2.45, 2.75) is 25.8 Å². The molecule has 0 aromatic carbocycles. The van der Waals surface area contributed by atoms with E-state index in [0.717, 1.165) is 6.42 Å². The van der Waals surface area contributed by atoms with E-state index in [1.54, 1.807) is 0 Å². The normalized spacial score (nSPS) is 18.9. The van der Waals surface area contributed by atoms with Crippen LogP contribution in [0.3, 0.4) is 0 Å². The summed E-state index contributed by atoms with van der Waals surface area (Å²) in [7, 11) is 0. The molecule has 0 amide bonds. The van der Waals surface area contributed by atoms with E-state index in [1.807, 2.05) is 13.0 Å². The molecule has 2 N–H and O–H groups in total. The molecule has 0 saturated carbocycles. The van der Waals surface area contributed by atoms with Crippen molar-refractivity contribution in [1.82, 2.24) is 0 Å². The zero-order chi connectivity index (χ0) is 8.27. The minimum atomic E-state index is -0.0763.